The van der Waals surface area contributed by atoms with Gasteiger partial charge in [-0.05, 0) is 31.2 Å². The van der Waals surface area contributed by atoms with Gasteiger partial charge < -0.3 is 19.4 Å². The predicted octanol–water partition coefficient (Wildman–Crippen LogP) is 3.53. The molecule has 1 fully saturated rings. The summed E-state index contributed by atoms with van der Waals surface area (Å²) in [6.45, 7) is 4.95. The zero-order valence-electron chi connectivity index (χ0n) is 17.4. The molecule has 2 aromatic heterocycles. The minimum absolute atomic E-state index is 0.000145. The van der Waals surface area contributed by atoms with Crippen LogP contribution in [0.5, 0.6) is 0 Å². The van der Waals surface area contributed by atoms with Crippen molar-refractivity contribution in [2.24, 2.45) is 0 Å². The second kappa shape index (κ2) is 8.10. The number of carbonyl (C=O) groups excluding carboxylic acids is 1. The standard InChI is InChI=1S/C24H24N6O/c1-18-16-30(17-26-18)21-9-7-20(8-10-21)28-11-13-29(14-12-28)24(31)22-15-25-23(27-22)19-5-3-2-4-6-19/h2-10,15-17H,11-14H2,1H3,(H,25,27). The van der Waals surface area contributed by atoms with E-state index in [0.29, 0.717) is 18.8 Å². The Morgan fingerprint density at radius 2 is 1.61 bits per heavy atom. The number of carbonyl (C=O) groups is 1. The van der Waals surface area contributed by atoms with Crippen molar-refractivity contribution in [2.45, 2.75) is 6.92 Å². The molecule has 0 bridgehead atoms. The Hall–Kier alpha value is -3.87. The first kappa shape index (κ1) is 19.1. The third-order valence-corrected chi connectivity index (χ3v) is 5.65. The molecule has 3 heterocycles. The molecule has 2 aromatic carbocycles. The number of aryl methyl sites for hydroxylation is 1. The Morgan fingerprint density at radius 3 is 2.29 bits per heavy atom. The fraction of sp³-hybridized carbons (Fsp3) is 0.208. The minimum atomic E-state index is 0.000145. The third-order valence-electron chi connectivity index (χ3n) is 5.65. The van der Waals surface area contributed by atoms with Gasteiger partial charge in [-0.3, -0.25) is 4.79 Å². The van der Waals surface area contributed by atoms with Crippen LogP contribution in [0, 0.1) is 6.92 Å². The molecule has 31 heavy (non-hydrogen) atoms. The number of anilines is 1. The number of nitrogens with zero attached hydrogens (tertiary/aromatic N) is 5. The van der Waals surface area contributed by atoms with Crippen molar-refractivity contribution in [3.63, 3.8) is 0 Å². The Bertz CT molecular complexity index is 1170. The van der Waals surface area contributed by atoms with Crippen LogP contribution in [0.15, 0.2) is 73.3 Å². The zero-order valence-corrected chi connectivity index (χ0v) is 17.4. The summed E-state index contributed by atoms with van der Waals surface area (Å²) in [6.07, 6.45) is 5.47. The van der Waals surface area contributed by atoms with Gasteiger partial charge >= 0.3 is 0 Å². The molecule has 0 aliphatic carbocycles. The first-order chi connectivity index (χ1) is 15.2. The fourth-order valence-electron chi connectivity index (χ4n) is 3.91. The van der Waals surface area contributed by atoms with Crippen LogP contribution in [0.25, 0.3) is 17.1 Å². The number of rotatable bonds is 4. The van der Waals surface area contributed by atoms with E-state index < -0.39 is 0 Å². The number of aromatic amines is 1. The summed E-state index contributed by atoms with van der Waals surface area (Å²) in [7, 11) is 0. The number of nitrogens with one attached hydrogen (secondary N) is 1. The smallest absolute Gasteiger partial charge is 0.272 e. The van der Waals surface area contributed by atoms with E-state index in [4.69, 9.17) is 0 Å². The highest BCUT2D eigenvalue weighted by Gasteiger charge is 2.23. The van der Waals surface area contributed by atoms with Gasteiger partial charge in [0.05, 0.1) is 18.2 Å². The lowest BCUT2D eigenvalue weighted by atomic mass is 10.2. The van der Waals surface area contributed by atoms with Gasteiger partial charge in [-0.15, -0.1) is 0 Å². The Morgan fingerprint density at radius 1 is 0.903 bits per heavy atom. The Kier molecular flexibility index (Phi) is 5.00. The monoisotopic (exact) mass is 412 g/mol. The summed E-state index contributed by atoms with van der Waals surface area (Å²) in [4.78, 5) is 29.0. The van der Waals surface area contributed by atoms with Crippen molar-refractivity contribution < 1.29 is 4.79 Å². The van der Waals surface area contributed by atoms with Gasteiger partial charge in [0.2, 0.25) is 0 Å². The maximum atomic E-state index is 12.9. The average molecular weight is 412 g/mol. The van der Waals surface area contributed by atoms with Gasteiger partial charge in [0.25, 0.3) is 5.91 Å². The summed E-state index contributed by atoms with van der Waals surface area (Å²) in [5, 5.41) is 0. The van der Waals surface area contributed by atoms with Crippen LogP contribution in [0.2, 0.25) is 0 Å². The van der Waals surface area contributed by atoms with E-state index in [1.165, 1.54) is 5.69 Å². The normalized spacial score (nSPS) is 14.1. The fourth-order valence-corrected chi connectivity index (χ4v) is 3.91. The third kappa shape index (κ3) is 3.94. The average Bonchev–Trinajstić information content (AvgIpc) is 3.49. The molecule has 0 spiro atoms. The van der Waals surface area contributed by atoms with Gasteiger partial charge in [-0.2, -0.15) is 0 Å². The maximum absolute atomic E-state index is 12.9. The van der Waals surface area contributed by atoms with Crippen LogP contribution in [-0.2, 0) is 0 Å². The van der Waals surface area contributed by atoms with Crippen LogP contribution < -0.4 is 4.90 Å². The zero-order chi connectivity index (χ0) is 21.2. The molecule has 1 amide bonds. The maximum Gasteiger partial charge on any atom is 0.272 e. The van der Waals surface area contributed by atoms with E-state index in [9.17, 15) is 4.79 Å². The summed E-state index contributed by atoms with van der Waals surface area (Å²) in [6, 6.07) is 18.3. The topological polar surface area (TPSA) is 70.1 Å². The Balaban J connectivity index is 1.21. The molecule has 0 radical (unpaired) electrons. The van der Waals surface area contributed by atoms with E-state index in [1.807, 2.05) is 59.2 Å². The van der Waals surface area contributed by atoms with Gasteiger partial charge in [0.15, 0.2) is 0 Å². The molecule has 4 aromatic rings. The number of hydrogen-bond acceptors (Lipinski definition) is 4. The van der Waals surface area contributed by atoms with E-state index in [2.05, 4.69) is 44.1 Å². The molecule has 0 saturated carbocycles. The van der Waals surface area contributed by atoms with E-state index >= 15 is 0 Å². The summed E-state index contributed by atoms with van der Waals surface area (Å²) >= 11 is 0. The van der Waals surface area contributed by atoms with Crippen molar-refractivity contribution in [3.8, 4) is 17.1 Å². The molecular formula is C24H24N6O. The van der Waals surface area contributed by atoms with Gasteiger partial charge in [-0.1, -0.05) is 30.3 Å². The van der Waals surface area contributed by atoms with Crippen molar-refractivity contribution in [1.29, 1.82) is 0 Å². The minimum Gasteiger partial charge on any atom is -0.368 e. The first-order valence-corrected chi connectivity index (χ1v) is 10.4. The second-order valence-electron chi connectivity index (χ2n) is 7.73. The van der Waals surface area contributed by atoms with Crippen LogP contribution in [-0.4, -0.2) is 56.5 Å². The molecule has 7 heteroatoms. The van der Waals surface area contributed by atoms with Crippen LogP contribution in [0.4, 0.5) is 5.69 Å². The van der Waals surface area contributed by atoms with Gasteiger partial charge in [-0.25, -0.2) is 9.97 Å². The summed E-state index contributed by atoms with van der Waals surface area (Å²) < 4.78 is 2.02. The Labute approximate surface area is 181 Å². The van der Waals surface area contributed by atoms with E-state index in [0.717, 1.165) is 35.9 Å². The number of hydrogen-bond donors (Lipinski definition) is 1. The number of imidazole rings is 2. The lowest BCUT2D eigenvalue weighted by molar-refractivity contribution is 0.0741. The molecule has 7 nitrogen and oxygen atoms in total. The number of aromatic nitrogens is 4. The molecular weight excluding hydrogens is 388 g/mol. The molecule has 1 aliphatic rings. The number of H-pyrrole nitrogens is 1. The quantitative estimate of drug-likeness (QED) is 0.557. The first-order valence-electron chi connectivity index (χ1n) is 10.4. The predicted molar refractivity (Wildman–Crippen MR) is 120 cm³/mol. The molecule has 0 atom stereocenters. The number of benzene rings is 2. The lowest BCUT2D eigenvalue weighted by Gasteiger charge is -2.36. The van der Waals surface area contributed by atoms with Crippen molar-refractivity contribution in [3.05, 3.63) is 84.7 Å². The van der Waals surface area contributed by atoms with Crippen LogP contribution >= 0.6 is 0 Å². The summed E-state index contributed by atoms with van der Waals surface area (Å²) in [5.41, 5.74) is 4.76. The van der Waals surface area contributed by atoms with Crippen molar-refractivity contribution in [1.82, 2.24) is 24.4 Å². The van der Waals surface area contributed by atoms with Crippen molar-refractivity contribution >= 4 is 11.6 Å². The van der Waals surface area contributed by atoms with E-state index in [-0.39, 0.29) is 5.91 Å². The van der Waals surface area contributed by atoms with Gasteiger partial charge in [0.1, 0.15) is 11.5 Å². The molecule has 5 rings (SSSR count). The molecule has 156 valence electrons. The molecule has 1 N–H and O–H groups in total. The van der Waals surface area contributed by atoms with E-state index in [1.54, 1.807) is 6.20 Å². The van der Waals surface area contributed by atoms with Crippen LogP contribution in [0.3, 0.4) is 0 Å². The van der Waals surface area contributed by atoms with Crippen molar-refractivity contribution in [2.75, 3.05) is 31.1 Å². The highest BCUT2D eigenvalue weighted by atomic mass is 16.2. The van der Waals surface area contributed by atoms with Gasteiger partial charge in [0, 0.05) is 49.3 Å². The number of piperazine rings is 1. The molecule has 1 aliphatic heterocycles. The lowest BCUT2D eigenvalue weighted by Crippen LogP contribution is -2.48. The summed E-state index contributed by atoms with van der Waals surface area (Å²) in [5.74, 6) is 0.718. The largest absolute Gasteiger partial charge is 0.368 e. The SMILES string of the molecule is Cc1cn(-c2ccc(N3CCN(C(=O)c4cnc(-c5ccccc5)[nH]4)CC3)cc2)cn1. The highest BCUT2D eigenvalue weighted by molar-refractivity contribution is 5.93. The molecule has 1 saturated heterocycles. The van der Waals surface area contributed by atoms with Crippen LogP contribution in [0.1, 0.15) is 16.2 Å². The molecule has 0 unspecified atom stereocenters. The highest BCUT2D eigenvalue weighted by Crippen LogP contribution is 2.21. The number of amides is 1. The second-order valence-corrected chi connectivity index (χ2v) is 7.73.